The Balaban J connectivity index is 1.57. The van der Waals surface area contributed by atoms with Crippen LogP contribution in [0.2, 0.25) is 0 Å². The van der Waals surface area contributed by atoms with E-state index in [2.05, 4.69) is 34.2 Å². The second-order valence-electron chi connectivity index (χ2n) is 7.37. The number of amides is 1. The van der Waals surface area contributed by atoms with Crippen molar-refractivity contribution >= 4 is 11.9 Å². The van der Waals surface area contributed by atoms with E-state index in [9.17, 15) is 9.59 Å². The summed E-state index contributed by atoms with van der Waals surface area (Å²) in [7, 11) is 1.31. The molecule has 0 bridgehead atoms. The Labute approximate surface area is 183 Å². The third-order valence-electron chi connectivity index (χ3n) is 5.16. The topological polar surface area (TPSA) is 67.9 Å². The molecule has 1 unspecified atom stereocenters. The van der Waals surface area contributed by atoms with E-state index in [-0.39, 0.29) is 5.91 Å². The molecular formula is C25H28N2O4. The monoisotopic (exact) mass is 420 g/mol. The number of esters is 1. The van der Waals surface area contributed by atoms with Gasteiger partial charge in [-0.25, -0.2) is 4.79 Å². The van der Waals surface area contributed by atoms with E-state index < -0.39 is 12.0 Å². The third-order valence-corrected chi connectivity index (χ3v) is 5.16. The van der Waals surface area contributed by atoms with Gasteiger partial charge in [-0.2, -0.15) is 0 Å². The lowest BCUT2D eigenvalue weighted by Gasteiger charge is -2.26. The van der Waals surface area contributed by atoms with Crippen molar-refractivity contribution in [1.82, 2.24) is 10.2 Å². The molecule has 2 aromatic rings. The zero-order valence-electron chi connectivity index (χ0n) is 18.0. The van der Waals surface area contributed by atoms with E-state index in [1.165, 1.54) is 12.7 Å². The lowest BCUT2D eigenvalue weighted by Crippen LogP contribution is -2.41. The van der Waals surface area contributed by atoms with E-state index >= 15 is 0 Å². The minimum absolute atomic E-state index is 0.312. The number of nitrogens with one attached hydrogen (secondary N) is 1. The summed E-state index contributed by atoms with van der Waals surface area (Å²) in [5.41, 5.74) is 3.49. The highest BCUT2D eigenvalue weighted by molar-refractivity contribution is 5.96. The van der Waals surface area contributed by atoms with Gasteiger partial charge in [0.05, 0.1) is 20.3 Å². The van der Waals surface area contributed by atoms with Gasteiger partial charge in [0.15, 0.2) is 0 Å². The molecule has 3 rings (SSSR count). The molecule has 0 aliphatic carbocycles. The molecule has 1 fully saturated rings. The first-order valence-corrected chi connectivity index (χ1v) is 10.5. The highest BCUT2D eigenvalue weighted by Crippen LogP contribution is 2.10. The van der Waals surface area contributed by atoms with Crippen LogP contribution in [-0.4, -0.2) is 56.2 Å². The van der Waals surface area contributed by atoms with Gasteiger partial charge in [0, 0.05) is 36.3 Å². The Hall–Kier alpha value is -3.14. The molecule has 1 aliphatic heterocycles. The van der Waals surface area contributed by atoms with Crippen LogP contribution in [0.4, 0.5) is 0 Å². The minimum Gasteiger partial charge on any atom is -0.467 e. The van der Waals surface area contributed by atoms with E-state index in [0.717, 1.165) is 44.0 Å². The van der Waals surface area contributed by atoms with Gasteiger partial charge in [0.1, 0.15) is 6.04 Å². The van der Waals surface area contributed by atoms with Crippen molar-refractivity contribution in [3.8, 4) is 11.8 Å². The van der Waals surface area contributed by atoms with Gasteiger partial charge in [0.2, 0.25) is 0 Å². The number of benzene rings is 2. The number of morpholine rings is 1. The standard InChI is InChI=1S/C25H28N2O4/c1-3-23(25(29)30-2)26-24(28)22-12-10-20(11-13-22)5-4-19-6-8-21(9-7-19)18-27-14-16-31-17-15-27/h6-13,23H,3,14-18H2,1-2H3,(H,26,28). The summed E-state index contributed by atoms with van der Waals surface area (Å²) >= 11 is 0. The van der Waals surface area contributed by atoms with Gasteiger partial charge in [-0.1, -0.05) is 30.9 Å². The number of ether oxygens (including phenoxy) is 2. The van der Waals surface area contributed by atoms with Crippen molar-refractivity contribution in [3.05, 3.63) is 70.8 Å². The number of carbonyl (C=O) groups is 2. The van der Waals surface area contributed by atoms with E-state index in [1.807, 2.05) is 19.1 Å². The molecule has 1 atom stereocenters. The molecule has 6 nitrogen and oxygen atoms in total. The van der Waals surface area contributed by atoms with Crippen LogP contribution >= 0.6 is 0 Å². The van der Waals surface area contributed by atoms with Gasteiger partial charge in [0.25, 0.3) is 5.91 Å². The summed E-state index contributed by atoms with van der Waals surface area (Å²) in [6, 6.07) is 14.6. The average molecular weight is 421 g/mol. The predicted octanol–water partition coefficient (Wildman–Crippen LogP) is 2.60. The maximum atomic E-state index is 12.3. The fraction of sp³-hybridized carbons (Fsp3) is 0.360. The molecule has 31 heavy (non-hydrogen) atoms. The smallest absolute Gasteiger partial charge is 0.328 e. The maximum Gasteiger partial charge on any atom is 0.328 e. The fourth-order valence-corrected chi connectivity index (χ4v) is 3.27. The first-order chi connectivity index (χ1) is 15.1. The molecule has 2 aromatic carbocycles. The van der Waals surface area contributed by atoms with Gasteiger partial charge in [-0.05, 0) is 48.4 Å². The highest BCUT2D eigenvalue weighted by atomic mass is 16.5. The zero-order valence-corrected chi connectivity index (χ0v) is 18.0. The second-order valence-corrected chi connectivity index (χ2v) is 7.37. The lowest BCUT2D eigenvalue weighted by atomic mass is 10.1. The van der Waals surface area contributed by atoms with Crippen molar-refractivity contribution in [2.75, 3.05) is 33.4 Å². The molecular weight excluding hydrogens is 392 g/mol. The normalized spacial score (nSPS) is 14.8. The van der Waals surface area contributed by atoms with Gasteiger partial charge in [-0.3, -0.25) is 9.69 Å². The molecule has 1 saturated heterocycles. The van der Waals surface area contributed by atoms with Crippen LogP contribution in [-0.2, 0) is 20.8 Å². The van der Waals surface area contributed by atoms with Gasteiger partial charge in [-0.15, -0.1) is 0 Å². The molecule has 1 aliphatic rings. The van der Waals surface area contributed by atoms with Crippen molar-refractivity contribution < 1.29 is 19.1 Å². The first kappa shape index (κ1) is 22.5. The largest absolute Gasteiger partial charge is 0.467 e. The summed E-state index contributed by atoms with van der Waals surface area (Å²) in [5.74, 6) is 5.52. The van der Waals surface area contributed by atoms with Gasteiger partial charge < -0.3 is 14.8 Å². The summed E-state index contributed by atoms with van der Waals surface area (Å²) in [5, 5.41) is 2.69. The van der Waals surface area contributed by atoms with Crippen LogP contribution < -0.4 is 5.32 Å². The van der Waals surface area contributed by atoms with Crippen molar-refractivity contribution in [3.63, 3.8) is 0 Å². The molecule has 162 valence electrons. The molecule has 6 heteroatoms. The minimum atomic E-state index is -0.650. The average Bonchev–Trinajstić information content (AvgIpc) is 2.82. The molecule has 0 saturated carbocycles. The zero-order chi connectivity index (χ0) is 22.1. The highest BCUT2D eigenvalue weighted by Gasteiger charge is 2.19. The summed E-state index contributed by atoms with van der Waals surface area (Å²) in [6.07, 6.45) is 0.465. The van der Waals surface area contributed by atoms with Gasteiger partial charge >= 0.3 is 5.97 Å². The van der Waals surface area contributed by atoms with E-state index in [4.69, 9.17) is 9.47 Å². The Morgan fingerprint density at radius 2 is 1.61 bits per heavy atom. The predicted molar refractivity (Wildman–Crippen MR) is 119 cm³/mol. The lowest BCUT2D eigenvalue weighted by molar-refractivity contribution is -0.142. The van der Waals surface area contributed by atoms with E-state index in [1.54, 1.807) is 24.3 Å². The van der Waals surface area contributed by atoms with Crippen molar-refractivity contribution in [2.45, 2.75) is 25.9 Å². The second kappa shape index (κ2) is 11.3. The van der Waals surface area contributed by atoms with Crippen LogP contribution in [0.15, 0.2) is 48.5 Å². The molecule has 1 N–H and O–H groups in total. The summed E-state index contributed by atoms with van der Waals surface area (Å²) in [4.78, 5) is 26.4. The fourth-order valence-electron chi connectivity index (χ4n) is 3.27. The molecule has 1 heterocycles. The third kappa shape index (κ3) is 6.68. The first-order valence-electron chi connectivity index (χ1n) is 10.5. The quantitative estimate of drug-likeness (QED) is 0.575. The summed E-state index contributed by atoms with van der Waals surface area (Å²) < 4.78 is 10.1. The summed E-state index contributed by atoms with van der Waals surface area (Å²) in [6.45, 7) is 6.28. The number of nitrogens with zero attached hydrogens (tertiary/aromatic N) is 1. The van der Waals surface area contributed by atoms with Crippen LogP contribution in [0.5, 0.6) is 0 Å². The molecule has 0 spiro atoms. The van der Waals surface area contributed by atoms with Crippen LogP contribution in [0.25, 0.3) is 0 Å². The Kier molecular flexibility index (Phi) is 8.22. The maximum absolute atomic E-state index is 12.3. The van der Waals surface area contributed by atoms with Crippen LogP contribution in [0.1, 0.15) is 40.4 Å². The number of hydrogen-bond donors (Lipinski definition) is 1. The van der Waals surface area contributed by atoms with Crippen molar-refractivity contribution in [1.29, 1.82) is 0 Å². The number of hydrogen-bond acceptors (Lipinski definition) is 5. The number of rotatable bonds is 6. The van der Waals surface area contributed by atoms with Crippen LogP contribution in [0.3, 0.4) is 0 Å². The van der Waals surface area contributed by atoms with Crippen LogP contribution in [0, 0.1) is 11.8 Å². The Morgan fingerprint density at radius 3 is 2.16 bits per heavy atom. The SMILES string of the molecule is CCC(NC(=O)c1ccc(C#Cc2ccc(CN3CCOCC3)cc2)cc1)C(=O)OC. The Bertz CT molecular complexity index is 936. The Morgan fingerprint density at radius 1 is 1.03 bits per heavy atom. The molecule has 0 radical (unpaired) electrons. The van der Waals surface area contributed by atoms with E-state index in [0.29, 0.717) is 12.0 Å². The molecule has 1 amide bonds. The number of methoxy groups -OCH3 is 1. The molecule has 0 aromatic heterocycles. The number of carbonyl (C=O) groups excluding carboxylic acids is 2. The van der Waals surface area contributed by atoms with Crippen molar-refractivity contribution in [2.24, 2.45) is 0 Å².